The van der Waals surface area contributed by atoms with Crippen LogP contribution in [0.4, 0.5) is 0 Å². The molecule has 172 valence electrons. The van der Waals surface area contributed by atoms with Crippen molar-refractivity contribution in [3.05, 3.63) is 82.9 Å². The summed E-state index contributed by atoms with van der Waals surface area (Å²) in [5, 5.41) is 10.5. The summed E-state index contributed by atoms with van der Waals surface area (Å²) < 4.78 is 16.5. The predicted octanol–water partition coefficient (Wildman–Crippen LogP) is 5.62. The number of aromatic hydroxyl groups is 1. The number of carbonyl (C=O) groups is 2. The summed E-state index contributed by atoms with van der Waals surface area (Å²) in [6, 6.07) is 18.0. The van der Waals surface area contributed by atoms with E-state index in [1.165, 1.54) is 0 Å². The molecule has 3 rings (SSSR count). The number of carbonyl (C=O) groups excluding carboxylic acids is 2. The molecule has 0 amide bonds. The molecule has 0 aliphatic rings. The number of hydrogen-bond acceptors (Lipinski definition) is 6. The highest BCUT2D eigenvalue weighted by atomic mass is 16.5. The molecule has 1 N–H and O–H groups in total. The first-order valence-corrected chi connectivity index (χ1v) is 10.8. The Kier molecular flexibility index (Phi) is 8.08. The number of benzene rings is 3. The van der Waals surface area contributed by atoms with Crippen LogP contribution in [0, 0.1) is 12.8 Å². The summed E-state index contributed by atoms with van der Waals surface area (Å²) in [5.41, 5.74) is 2.80. The third-order valence-electron chi connectivity index (χ3n) is 5.07. The Hall–Kier alpha value is -3.80. The molecule has 0 spiro atoms. The summed E-state index contributed by atoms with van der Waals surface area (Å²) in [5.74, 6) is 1.77. The van der Waals surface area contributed by atoms with Crippen molar-refractivity contribution in [2.45, 2.75) is 40.4 Å². The van der Waals surface area contributed by atoms with E-state index in [9.17, 15) is 14.7 Å². The van der Waals surface area contributed by atoms with E-state index in [1.807, 2.05) is 38.1 Å². The van der Waals surface area contributed by atoms with Crippen LogP contribution in [-0.4, -0.2) is 17.4 Å². The zero-order chi connectivity index (χ0) is 23.8. The molecule has 0 aromatic heterocycles. The largest absolute Gasteiger partial charge is 0.507 e. The van der Waals surface area contributed by atoms with Gasteiger partial charge in [0.05, 0.1) is 5.56 Å². The summed E-state index contributed by atoms with van der Waals surface area (Å²) in [7, 11) is 0. The Balaban J connectivity index is 1.61. The van der Waals surface area contributed by atoms with Crippen molar-refractivity contribution in [3.8, 4) is 23.0 Å². The number of phenols is 1. The van der Waals surface area contributed by atoms with Crippen LogP contribution >= 0.6 is 0 Å². The first-order valence-electron chi connectivity index (χ1n) is 10.8. The summed E-state index contributed by atoms with van der Waals surface area (Å²) in [6.45, 7) is 6.75. The van der Waals surface area contributed by atoms with Crippen molar-refractivity contribution in [3.63, 3.8) is 0 Å². The fourth-order valence-electron chi connectivity index (χ4n) is 3.35. The van der Waals surface area contributed by atoms with Crippen molar-refractivity contribution >= 4 is 12.3 Å². The fourth-order valence-corrected chi connectivity index (χ4v) is 3.35. The zero-order valence-corrected chi connectivity index (χ0v) is 19.0. The highest BCUT2D eigenvalue weighted by Crippen LogP contribution is 2.32. The van der Waals surface area contributed by atoms with Crippen LogP contribution in [0.2, 0.25) is 0 Å². The molecule has 33 heavy (non-hydrogen) atoms. The van der Waals surface area contributed by atoms with Crippen molar-refractivity contribution in [1.29, 1.82) is 0 Å². The van der Waals surface area contributed by atoms with Gasteiger partial charge in [0.1, 0.15) is 36.2 Å². The highest BCUT2D eigenvalue weighted by molar-refractivity contribution is 5.99. The van der Waals surface area contributed by atoms with Crippen LogP contribution in [0.25, 0.3) is 0 Å². The number of hydrogen-bond donors (Lipinski definition) is 1. The average molecular weight is 449 g/mol. The number of Topliss-reactive ketones (excluding diaryl/α,β-unsaturated/α-hetero) is 1. The van der Waals surface area contributed by atoms with Crippen LogP contribution in [0.15, 0.2) is 60.7 Å². The summed E-state index contributed by atoms with van der Waals surface area (Å²) >= 11 is 0. The van der Waals surface area contributed by atoms with E-state index >= 15 is 0 Å². The standard InChI is InChI=1S/C27H28O6/c1-18(2)13-25(29)24-11-12-26(19(3)27(24)30)32-16-21-6-4-5-20(14-21)15-31-22-7-9-23(10-8-22)33-17-28/h4-12,14,17-18,30H,13,15-16H2,1-3H3. The third kappa shape index (κ3) is 6.59. The lowest BCUT2D eigenvalue weighted by molar-refractivity contribution is -0.120. The SMILES string of the molecule is Cc1c(OCc2cccc(COc3ccc(OC=O)cc3)c2)ccc(C(=O)CC(C)C)c1O. The first-order chi connectivity index (χ1) is 15.9. The molecule has 3 aromatic carbocycles. The van der Waals surface area contributed by atoms with Gasteiger partial charge in [-0.2, -0.15) is 0 Å². The smallest absolute Gasteiger partial charge is 0.298 e. The van der Waals surface area contributed by atoms with Crippen molar-refractivity contribution in [2.75, 3.05) is 0 Å². The van der Waals surface area contributed by atoms with Crippen LogP contribution in [0.1, 0.15) is 47.3 Å². The molecule has 0 unspecified atom stereocenters. The molecular formula is C27H28O6. The monoisotopic (exact) mass is 448 g/mol. The second kappa shape index (κ2) is 11.2. The van der Waals surface area contributed by atoms with Gasteiger partial charge in [-0.1, -0.05) is 32.0 Å². The lowest BCUT2D eigenvalue weighted by Gasteiger charge is -2.14. The molecule has 3 aromatic rings. The quantitative estimate of drug-likeness (QED) is 0.303. The minimum atomic E-state index is -0.0734. The van der Waals surface area contributed by atoms with Gasteiger partial charge in [0.25, 0.3) is 6.47 Å². The molecule has 0 aliphatic heterocycles. The van der Waals surface area contributed by atoms with Crippen molar-refractivity contribution in [1.82, 2.24) is 0 Å². The van der Waals surface area contributed by atoms with Gasteiger partial charge in [-0.15, -0.1) is 0 Å². The van der Waals surface area contributed by atoms with E-state index in [2.05, 4.69) is 0 Å². The molecular weight excluding hydrogens is 420 g/mol. The van der Waals surface area contributed by atoms with E-state index in [-0.39, 0.29) is 17.5 Å². The van der Waals surface area contributed by atoms with Gasteiger partial charge < -0.3 is 19.3 Å². The molecule has 0 saturated heterocycles. The van der Waals surface area contributed by atoms with Gasteiger partial charge in [-0.25, -0.2) is 0 Å². The van der Waals surface area contributed by atoms with Gasteiger partial charge >= 0.3 is 0 Å². The Morgan fingerprint density at radius 2 is 1.58 bits per heavy atom. The van der Waals surface area contributed by atoms with E-state index < -0.39 is 0 Å². The lowest BCUT2D eigenvalue weighted by Crippen LogP contribution is -2.05. The van der Waals surface area contributed by atoms with E-state index in [0.717, 1.165) is 11.1 Å². The average Bonchev–Trinajstić information content (AvgIpc) is 2.79. The van der Waals surface area contributed by atoms with Gasteiger partial charge in [0.15, 0.2) is 5.78 Å². The van der Waals surface area contributed by atoms with E-state index in [0.29, 0.717) is 54.5 Å². The van der Waals surface area contributed by atoms with Gasteiger partial charge in [0, 0.05) is 12.0 Å². The molecule has 0 fully saturated rings. The summed E-state index contributed by atoms with van der Waals surface area (Å²) in [6.07, 6.45) is 0.388. The predicted molar refractivity (Wildman–Crippen MR) is 125 cm³/mol. The summed E-state index contributed by atoms with van der Waals surface area (Å²) in [4.78, 5) is 22.7. The maximum absolute atomic E-state index is 12.3. The molecule has 6 nitrogen and oxygen atoms in total. The maximum Gasteiger partial charge on any atom is 0.298 e. The Bertz CT molecular complexity index is 1100. The van der Waals surface area contributed by atoms with Gasteiger partial charge in [-0.05, 0) is 66.4 Å². The third-order valence-corrected chi connectivity index (χ3v) is 5.07. The molecule has 0 atom stereocenters. The van der Waals surface area contributed by atoms with Crippen LogP contribution in [0.3, 0.4) is 0 Å². The maximum atomic E-state index is 12.3. The molecule has 0 bridgehead atoms. The Morgan fingerprint density at radius 3 is 2.21 bits per heavy atom. The Labute approximate surface area is 193 Å². The van der Waals surface area contributed by atoms with Crippen molar-refractivity contribution < 1.29 is 28.9 Å². The molecule has 0 saturated carbocycles. The number of ether oxygens (including phenoxy) is 3. The number of ketones is 1. The van der Waals surface area contributed by atoms with Crippen LogP contribution in [-0.2, 0) is 18.0 Å². The fraction of sp³-hybridized carbons (Fsp3) is 0.259. The topological polar surface area (TPSA) is 82.1 Å². The highest BCUT2D eigenvalue weighted by Gasteiger charge is 2.17. The van der Waals surface area contributed by atoms with E-state index in [1.54, 1.807) is 43.3 Å². The second-order valence-corrected chi connectivity index (χ2v) is 8.19. The van der Waals surface area contributed by atoms with Crippen LogP contribution < -0.4 is 14.2 Å². The Morgan fingerprint density at radius 1 is 0.939 bits per heavy atom. The van der Waals surface area contributed by atoms with Gasteiger partial charge in [-0.3, -0.25) is 9.59 Å². The number of rotatable bonds is 11. The molecule has 0 aliphatic carbocycles. The van der Waals surface area contributed by atoms with Crippen LogP contribution in [0.5, 0.6) is 23.0 Å². The van der Waals surface area contributed by atoms with Crippen molar-refractivity contribution in [2.24, 2.45) is 5.92 Å². The first kappa shape index (κ1) is 23.9. The normalized spacial score (nSPS) is 10.7. The molecule has 6 heteroatoms. The molecule has 0 heterocycles. The number of phenolic OH excluding ortho intramolecular Hbond substituents is 1. The minimum Gasteiger partial charge on any atom is -0.507 e. The lowest BCUT2D eigenvalue weighted by atomic mass is 9.98. The van der Waals surface area contributed by atoms with E-state index in [4.69, 9.17) is 14.2 Å². The molecule has 0 radical (unpaired) electrons. The van der Waals surface area contributed by atoms with Gasteiger partial charge in [0.2, 0.25) is 0 Å². The minimum absolute atomic E-state index is 0.0233. The second-order valence-electron chi connectivity index (χ2n) is 8.19. The zero-order valence-electron chi connectivity index (χ0n) is 19.0.